The fraction of sp³-hybridized carbons (Fsp3) is 0.333. The molecule has 3 atom stereocenters. The molecule has 1 fully saturated rings. The number of halogens is 2. The number of hydrogen-bond acceptors (Lipinski definition) is 14. The Balaban J connectivity index is 1.32. The minimum Gasteiger partial charge on any atom is -0.475 e. The molecule has 0 bridgehead atoms. The Hall–Kier alpha value is -4.36. The second-order valence-corrected chi connectivity index (χ2v) is 15.6. The molecule has 0 aromatic heterocycles. The van der Waals surface area contributed by atoms with Crippen LogP contribution in [0.25, 0.3) is 5.57 Å². The van der Waals surface area contributed by atoms with Crippen LogP contribution < -0.4 is 10.6 Å². The molecule has 2 aliphatic rings. The van der Waals surface area contributed by atoms with Gasteiger partial charge < -0.3 is 44.8 Å². The number of carbonyl (C=O) groups excluding carboxylic acids is 4. The zero-order valence-corrected chi connectivity index (χ0v) is 28.6. The minimum atomic E-state index is -5.65. The molecule has 2 amide bonds. The number of cyclic esters (lactones) is 1. The normalized spacial score (nSPS) is 18.6. The van der Waals surface area contributed by atoms with Crippen LogP contribution in [0.2, 0.25) is 0 Å². The van der Waals surface area contributed by atoms with Gasteiger partial charge in [-0.05, 0) is 41.8 Å². The molecule has 18 nitrogen and oxygen atoms in total. The Bertz CT molecular complexity index is 1790. The smallest absolute Gasteiger partial charge is 0.451 e. The number of nitrogens with zero attached hydrogens (tertiary/aromatic N) is 2. The van der Waals surface area contributed by atoms with Crippen molar-refractivity contribution in [2.24, 2.45) is 5.73 Å². The van der Waals surface area contributed by atoms with Gasteiger partial charge >= 0.3 is 32.7 Å². The number of ether oxygens (including phenoxy) is 3. The van der Waals surface area contributed by atoms with Gasteiger partial charge in [0.25, 0.3) is 5.91 Å². The second kappa shape index (κ2) is 16.1. The molecule has 0 spiro atoms. The van der Waals surface area contributed by atoms with E-state index < -0.39 is 75.5 Å². The number of allylic oxidation sites excluding steroid dienone is 1. The van der Waals surface area contributed by atoms with Crippen molar-refractivity contribution in [2.45, 2.75) is 30.1 Å². The highest BCUT2D eigenvalue weighted by molar-refractivity contribution is 7.75. The van der Waals surface area contributed by atoms with E-state index in [4.69, 9.17) is 19.9 Å². The Labute approximate surface area is 293 Å². The lowest BCUT2D eigenvalue weighted by Gasteiger charge is -2.28. The molecule has 4 rings (SSSR count). The van der Waals surface area contributed by atoms with Gasteiger partial charge in [0, 0.05) is 24.7 Å². The summed E-state index contributed by atoms with van der Waals surface area (Å²) in [6.07, 6.45) is -1.94. The number of aldehydes is 1. The van der Waals surface area contributed by atoms with Crippen LogP contribution in [0.3, 0.4) is 0 Å². The van der Waals surface area contributed by atoms with E-state index in [1.54, 1.807) is 0 Å². The largest absolute Gasteiger partial charge is 0.475 e. The molecule has 9 N–H and O–H groups in total. The zero-order valence-electron chi connectivity index (χ0n) is 26.8. The lowest BCUT2D eigenvalue weighted by Crippen LogP contribution is -2.43. The summed E-state index contributed by atoms with van der Waals surface area (Å²) in [7, 11) is -11.1. The van der Waals surface area contributed by atoms with E-state index in [1.807, 2.05) is 0 Å². The highest BCUT2D eigenvalue weighted by atomic mass is 31.3. The molecular formula is C30H34F2N3O15P2+. The summed E-state index contributed by atoms with van der Waals surface area (Å²) in [5.41, 5.74) is 4.88. The third-order valence-electron chi connectivity index (χ3n) is 7.96. The van der Waals surface area contributed by atoms with E-state index in [2.05, 4.69) is 0 Å². The molecule has 2 aromatic rings. The fourth-order valence-electron chi connectivity index (χ4n) is 5.18. The second-order valence-electron chi connectivity index (χ2n) is 11.6. The molecule has 0 radical (unpaired) electrons. The molecule has 2 aromatic carbocycles. The first-order valence-corrected chi connectivity index (χ1v) is 18.3. The fourth-order valence-corrected chi connectivity index (χ4v) is 7.36. The van der Waals surface area contributed by atoms with Gasteiger partial charge in [0.1, 0.15) is 31.1 Å². The van der Waals surface area contributed by atoms with Crippen molar-refractivity contribution in [3.8, 4) is 0 Å². The van der Waals surface area contributed by atoms with Crippen molar-refractivity contribution in [1.82, 2.24) is 4.90 Å². The number of rotatable bonds is 14. The van der Waals surface area contributed by atoms with Crippen LogP contribution >= 0.6 is 15.5 Å². The third kappa shape index (κ3) is 9.16. The van der Waals surface area contributed by atoms with E-state index in [-0.39, 0.29) is 66.5 Å². The predicted molar refractivity (Wildman–Crippen MR) is 174 cm³/mol. The zero-order chi connectivity index (χ0) is 38.6. The molecule has 2 heterocycles. The Morgan fingerprint density at radius 2 is 1.77 bits per heavy atom. The van der Waals surface area contributed by atoms with Crippen LogP contribution in [0, 0.1) is 11.6 Å². The van der Waals surface area contributed by atoms with Crippen molar-refractivity contribution in [2.75, 3.05) is 37.7 Å². The van der Waals surface area contributed by atoms with E-state index >= 15 is 8.78 Å². The number of carbonyl (C=O) groups is 4. The van der Waals surface area contributed by atoms with Gasteiger partial charge in [-0.3, -0.25) is 19.1 Å². The van der Waals surface area contributed by atoms with Gasteiger partial charge in [0.2, 0.25) is 0 Å². The number of amides is 2. The molecular weight excluding hydrogens is 742 g/mol. The summed E-state index contributed by atoms with van der Waals surface area (Å²) in [6.45, 7) is -1.36. The summed E-state index contributed by atoms with van der Waals surface area (Å²) in [4.78, 5) is 97.1. The lowest BCUT2D eigenvalue weighted by atomic mass is 9.97. The maximum absolute atomic E-state index is 15.2. The molecule has 1 saturated heterocycles. The first kappa shape index (κ1) is 40.4. The van der Waals surface area contributed by atoms with Gasteiger partial charge in [-0.15, -0.1) is 0 Å². The highest BCUT2D eigenvalue weighted by Gasteiger charge is 2.69. The first-order chi connectivity index (χ1) is 24.3. The predicted octanol–water partition coefficient (Wildman–Crippen LogP) is 0.245. The minimum absolute atomic E-state index is 0.0260. The van der Waals surface area contributed by atoms with E-state index in [0.717, 1.165) is 52.3 Å². The van der Waals surface area contributed by atoms with Crippen LogP contribution in [-0.2, 0) is 34.8 Å². The van der Waals surface area contributed by atoms with Crippen LogP contribution in [0.5, 0.6) is 0 Å². The Morgan fingerprint density at radius 1 is 1.13 bits per heavy atom. The maximum atomic E-state index is 15.2. The quantitative estimate of drug-likeness (QED) is 0.0419. The van der Waals surface area contributed by atoms with Gasteiger partial charge in [0.15, 0.2) is 18.1 Å². The van der Waals surface area contributed by atoms with Crippen LogP contribution in [-0.4, -0.2) is 114 Å². The molecule has 2 aliphatic heterocycles. The van der Waals surface area contributed by atoms with Gasteiger partial charge in [0.05, 0.1) is 24.2 Å². The standard InChI is InChI=1S/C30H33F2N3O15P2/c31-22-11-20(35-14-21(50-29(35)40)15-48-25(33)7-10-36)12-23(32)26(22)18-5-8-34(9-6-18)27(38)24(37)16-49-28(39)19-3-1-17(2-4-19)13-30(41,51(42,43)44)52(45,46)47/h1-5,7,10-12,21,24,37,41-44H,6,8-9,13-16H2,(H3-,33,36,45,46,47)/p+1/t21-,24+,30?/m1/s1. The third-order valence-corrected chi connectivity index (χ3v) is 11.8. The number of hydrogen-bond donors (Lipinski definition) is 8. The number of anilines is 1. The van der Waals surface area contributed by atoms with Crippen molar-refractivity contribution in [3.63, 3.8) is 0 Å². The molecule has 282 valence electrons. The molecule has 1 unspecified atom stereocenters. The summed E-state index contributed by atoms with van der Waals surface area (Å²) < 4.78 is 57.3. The average Bonchev–Trinajstić information content (AvgIpc) is 3.45. The molecule has 0 saturated carbocycles. The number of benzene rings is 2. The lowest BCUT2D eigenvalue weighted by molar-refractivity contribution is -0.141. The summed E-state index contributed by atoms with van der Waals surface area (Å²) in [5.74, 6) is -4.08. The highest BCUT2D eigenvalue weighted by Crippen LogP contribution is 2.72. The van der Waals surface area contributed by atoms with E-state index in [9.17, 15) is 58.4 Å². The topological polar surface area (TPSA) is 287 Å². The summed E-state index contributed by atoms with van der Waals surface area (Å²) >= 11 is 0. The van der Waals surface area contributed by atoms with Crippen molar-refractivity contribution >= 4 is 51.1 Å². The van der Waals surface area contributed by atoms with Crippen LogP contribution in [0.1, 0.15) is 27.9 Å². The van der Waals surface area contributed by atoms with Crippen LogP contribution in [0.4, 0.5) is 19.3 Å². The van der Waals surface area contributed by atoms with E-state index in [0.29, 0.717) is 6.29 Å². The van der Waals surface area contributed by atoms with Crippen molar-refractivity contribution in [3.05, 3.63) is 82.8 Å². The average molecular weight is 777 g/mol. The number of aliphatic hydroxyl groups excluding tert-OH is 1. The molecule has 52 heavy (non-hydrogen) atoms. The Kier molecular flexibility index (Phi) is 12.5. The van der Waals surface area contributed by atoms with Gasteiger partial charge in [-0.1, -0.05) is 18.2 Å². The van der Waals surface area contributed by atoms with Crippen molar-refractivity contribution in [1.29, 1.82) is 0 Å². The van der Waals surface area contributed by atoms with Gasteiger partial charge in [-0.2, -0.15) is 14.7 Å². The SMILES string of the molecule is NC(=CC=O)OC[C@H]1CN(c2cc(F)c(C3=CCN(C(=O)[C@@H](O)COC(=O)c4ccc(CC(O)(P(=O)(O)O)[P+](O)(O)O)cc4)CC3)c(F)c2)C(=O)O1. The van der Waals surface area contributed by atoms with Gasteiger partial charge in [-0.25, -0.2) is 18.4 Å². The number of nitrogens with two attached hydrogens (primary N) is 1. The van der Waals surface area contributed by atoms with Crippen molar-refractivity contribution < 1.29 is 81.4 Å². The maximum Gasteiger partial charge on any atom is 0.451 e. The Morgan fingerprint density at radius 3 is 2.31 bits per heavy atom. The number of aliphatic hydroxyl groups is 2. The monoisotopic (exact) mass is 776 g/mol. The summed E-state index contributed by atoms with van der Waals surface area (Å²) in [5, 5.41) is 16.9. The first-order valence-electron chi connectivity index (χ1n) is 15.0. The number of esters is 1. The summed E-state index contributed by atoms with van der Waals surface area (Å²) in [6, 6.07) is 6.20. The van der Waals surface area contributed by atoms with E-state index in [1.165, 1.54) is 6.08 Å². The molecule has 22 heteroatoms. The molecule has 0 aliphatic carbocycles. The van der Waals surface area contributed by atoms with Crippen LogP contribution in [0.15, 0.2) is 54.4 Å².